The van der Waals surface area contributed by atoms with Gasteiger partial charge in [-0.1, -0.05) is 64.7 Å². The van der Waals surface area contributed by atoms with E-state index < -0.39 is 0 Å². The summed E-state index contributed by atoms with van der Waals surface area (Å²) < 4.78 is 0. The number of phenolic OH excluding ortho intramolecular Hbond substituents is 2. The molecule has 2 rings (SSSR count). The maximum atomic E-state index is 9.51. The van der Waals surface area contributed by atoms with E-state index in [1.807, 2.05) is 0 Å². The Balaban J connectivity index is 0.000000307. The second-order valence-corrected chi connectivity index (χ2v) is 8.77. The van der Waals surface area contributed by atoms with Gasteiger partial charge in [-0.2, -0.15) is 0 Å². The molecule has 0 bridgehead atoms. The number of rotatable bonds is 8. The molecular formula is C25H40O3. The van der Waals surface area contributed by atoms with Gasteiger partial charge < -0.3 is 15.3 Å². The van der Waals surface area contributed by atoms with Gasteiger partial charge in [0.15, 0.2) is 0 Å². The zero-order valence-electron chi connectivity index (χ0n) is 18.3. The Hall–Kier alpha value is -1.74. The van der Waals surface area contributed by atoms with Crippen LogP contribution in [0.3, 0.4) is 0 Å². The Morgan fingerprint density at radius 2 is 1.75 bits per heavy atom. The summed E-state index contributed by atoms with van der Waals surface area (Å²) >= 11 is 0. The molecule has 0 aliphatic heterocycles. The number of hydrogen-bond acceptors (Lipinski definition) is 3. The molecule has 0 unspecified atom stereocenters. The average Bonchev–Trinajstić information content (AvgIpc) is 2.65. The molecule has 28 heavy (non-hydrogen) atoms. The first-order valence-corrected chi connectivity index (χ1v) is 10.7. The van der Waals surface area contributed by atoms with Crippen molar-refractivity contribution in [3.05, 3.63) is 47.6 Å². The largest absolute Gasteiger partial charge is 0.508 e. The first-order valence-electron chi connectivity index (χ1n) is 10.7. The molecule has 0 spiro atoms. The van der Waals surface area contributed by atoms with E-state index in [-0.39, 0.29) is 23.5 Å². The summed E-state index contributed by atoms with van der Waals surface area (Å²) in [6.07, 6.45) is 11.5. The number of unbranched alkanes of at least 4 members (excludes halogenated alkanes) is 3. The van der Waals surface area contributed by atoms with Crippen molar-refractivity contribution in [3.63, 3.8) is 0 Å². The fourth-order valence-electron chi connectivity index (χ4n) is 3.60. The lowest BCUT2D eigenvalue weighted by Crippen LogP contribution is -2.16. The van der Waals surface area contributed by atoms with Crippen molar-refractivity contribution in [2.45, 2.75) is 84.5 Å². The van der Waals surface area contributed by atoms with Crippen LogP contribution in [0.25, 0.3) is 0 Å². The minimum absolute atomic E-state index is 0.00393. The third kappa shape index (κ3) is 8.52. The van der Waals surface area contributed by atoms with Gasteiger partial charge >= 0.3 is 0 Å². The van der Waals surface area contributed by atoms with Crippen molar-refractivity contribution < 1.29 is 15.3 Å². The average molecular weight is 389 g/mol. The topological polar surface area (TPSA) is 60.7 Å². The van der Waals surface area contributed by atoms with Crippen LogP contribution in [0.1, 0.15) is 84.6 Å². The number of allylic oxidation sites excluding steroid dienone is 2. The Labute approximate surface area is 171 Å². The Morgan fingerprint density at radius 1 is 1.11 bits per heavy atom. The van der Waals surface area contributed by atoms with E-state index in [4.69, 9.17) is 5.11 Å². The van der Waals surface area contributed by atoms with Crippen molar-refractivity contribution in [3.8, 4) is 11.5 Å². The minimum atomic E-state index is 0.00393. The molecule has 0 saturated carbocycles. The van der Waals surface area contributed by atoms with E-state index in [2.05, 4.69) is 40.3 Å². The van der Waals surface area contributed by atoms with E-state index in [0.29, 0.717) is 5.92 Å². The fraction of sp³-hybridized carbons (Fsp3) is 0.600. The molecule has 0 radical (unpaired) electrons. The third-order valence-corrected chi connectivity index (χ3v) is 5.74. The lowest BCUT2D eigenvalue weighted by atomic mass is 9.80. The van der Waals surface area contributed by atoms with Gasteiger partial charge in [-0.15, -0.1) is 0 Å². The zero-order chi connectivity index (χ0) is 21.2. The fourth-order valence-corrected chi connectivity index (χ4v) is 3.60. The molecule has 1 aromatic rings. The van der Waals surface area contributed by atoms with Crippen molar-refractivity contribution in [1.82, 2.24) is 0 Å². The lowest BCUT2D eigenvalue weighted by Gasteiger charge is -2.25. The highest BCUT2D eigenvalue weighted by Gasteiger charge is 2.21. The number of phenols is 2. The molecule has 158 valence electrons. The normalized spacial score (nSPS) is 16.8. The molecule has 3 nitrogen and oxygen atoms in total. The summed E-state index contributed by atoms with van der Waals surface area (Å²) in [5.41, 5.74) is 3.48. The van der Waals surface area contributed by atoms with Crippen LogP contribution < -0.4 is 0 Å². The molecular weight excluding hydrogens is 348 g/mol. The first kappa shape index (κ1) is 24.3. The SMILES string of the molecule is C=C(C)[C@H]1CC=C(CO)CC1.CCCCCCC(C)(C)c1cc(O)cc(O)c1. The van der Waals surface area contributed by atoms with Crippen molar-refractivity contribution in [2.75, 3.05) is 6.61 Å². The summed E-state index contributed by atoms with van der Waals surface area (Å²) in [5.74, 6) is 0.938. The highest BCUT2D eigenvalue weighted by molar-refractivity contribution is 5.39. The summed E-state index contributed by atoms with van der Waals surface area (Å²) in [6.45, 7) is 12.8. The van der Waals surface area contributed by atoms with E-state index in [0.717, 1.165) is 24.8 Å². The zero-order valence-corrected chi connectivity index (χ0v) is 18.3. The second-order valence-electron chi connectivity index (χ2n) is 8.77. The Bertz CT molecular complexity index is 623. The van der Waals surface area contributed by atoms with Gasteiger partial charge in [0.05, 0.1) is 6.61 Å². The Kier molecular flexibility index (Phi) is 10.4. The maximum Gasteiger partial charge on any atom is 0.119 e. The van der Waals surface area contributed by atoms with Gasteiger partial charge in [-0.05, 0) is 67.2 Å². The molecule has 3 N–H and O–H groups in total. The van der Waals surface area contributed by atoms with Crippen molar-refractivity contribution >= 4 is 0 Å². The molecule has 0 saturated heterocycles. The number of aliphatic hydroxyl groups is 1. The highest BCUT2D eigenvalue weighted by atomic mass is 16.3. The van der Waals surface area contributed by atoms with Crippen LogP contribution >= 0.6 is 0 Å². The van der Waals surface area contributed by atoms with Gasteiger partial charge in [0.2, 0.25) is 0 Å². The smallest absolute Gasteiger partial charge is 0.119 e. The number of aromatic hydroxyl groups is 2. The van der Waals surface area contributed by atoms with Crippen LogP contribution in [0, 0.1) is 5.92 Å². The van der Waals surface area contributed by atoms with Gasteiger partial charge in [-0.25, -0.2) is 0 Å². The molecule has 0 fully saturated rings. The molecule has 1 aliphatic carbocycles. The van der Waals surface area contributed by atoms with Crippen LogP contribution in [0.2, 0.25) is 0 Å². The van der Waals surface area contributed by atoms with E-state index in [1.165, 1.54) is 49.3 Å². The maximum absolute atomic E-state index is 9.51. The molecule has 0 aromatic heterocycles. The van der Waals surface area contributed by atoms with Gasteiger partial charge in [-0.3, -0.25) is 0 Å². The van der Waals surface area contributed by atoms with Gasteiger partial charge in [0, 0.05) is 6.07 Å². The molecule has 0 heterocycles. The standard InChI is InChI=1S/C15H24O2.C10H16O/c1-4-5-6-7-8-15(2,3)12-9-13(16)11-14(17)10-12;1-8(2)10-5-3-9(7-11)4-6-10/h9-11,16-17H,4-8H2,1-3H3;3,10-11H,1,4-7H2,2H3/t;10-/m.0/s1. The predicted octanol–water partition coefficient (Wildman–Crippen LogP) is 6.63. The van der Waals surface area contributed by atoms with Gasteiger partial charge in [0.25, 0.3) is 0 Å². The monoisotopic (exact) mass is 388 g/mol. The predicted molar refractivity (Wildman–Crippen MR) is 119 cm³/mol. The van der Waals surface area contributed by atoms with Crippen molar-refractivity contribution in [1.29, 1.82) is 0 Å². The van der Waals surface area contributed by atoms with Crippen molar-refractivity contribution in [2.24, 2.45) is 5.92 Å². The lowest BCUT2D eigenvalue weighted by molar-refractivity contribution is 0.319. The summed E-state index contributed by atoms with van der Waals surface area (Å²) in [6, 6.07) is 4.87. The van der Waals surface area contributed by atoms with Gasteiger partial charge in [0.1, 0.15) is 11.5 Å². The molecule has 0 amide bonds. The van der Waals surface area contributed by atoms with Crippen LogP contribution in [-0.4, -0.2) is 21.9 Å². The quantitative estimate of drug-likeness (QED) is 0.346. The number of aliphatic hydroxyl groups excluding tert-OH is 1. The highest BCUT2D eigenvalue weighted by Crippen LogP contribution is 2.34. The minimum Gasteiger partial charge on any atom is -0.508 e. The number of benzene rings is 1. The van der Waals surface area contributed by atoms with E-state index in [1.54, 1.807) is 12.1 Å². The molecule has 1 atom stereocenters. The Morgan fingerprint density at radius 3 is 2.21 bits per heavy atom. The molecule has 1 aliphatic rings. The summed E-state index contributed by atoms with van der Waals surface area (Å²) in [4.78, 5) is 0. The van der Waals surface area contributed by atoms with E-state index in [9.17, 15) is 10.2 Å². The second kappa shape index (κ2) is 12.0. The van der Waals surface area contributed by atoms with Crippen LogP contribution in [-0.2, 0) is 5.41 Å². The van der Waals surface area contributed by atoms with Crippen LogP contribution in [0.5, 0.6) is 11.5 Å². The summed E-state index contributed by atoms with van der Waals surface area (Å²) in [5, 5.41) is 27.8. The third-order valence-electron chi connectivity index (χ3n) is 5.74. The van der Waals surface area contributed by atoms with Crippen LogP contribution in [0.15, 0.2) is 42.0 Å². The summed E-state index contributed by atoms with van der Waals surface area (Å²) in [7, 11) is 0. The van der Waals surface area contributed by atoms with Crippen LogP contribution in [0.4, 0.5) is 0 Å². The first-order chi connectivity index (χ1) is 13.2. The molecule has 1 aromatic carbocycles. The number of hydrogen-bond donors (Lipinski definition) is 3. The molecule has 3 heteroatoms. The van der Waals surface area contributed by atoms with E-state index >= 15 is 0 Å².